The normalized spacial score (nSPS) is 29.1. The van der Waals surface area contributed by atoms with Crippen LogP contribution in [0.4, 0.5) is 0 Å². The zero-order valence-electron chi connectivity index (χ0n) is 10.1. The molecule has 0 aromatic rings. The Morgan fingerprint density at radius 1 is 1.40 bits per heavy atom. The maximum Gasteiger partial charge on any atom is 0.303 e. The van der Waals surface area contributed by atoms with E-state index in [0.717, 1.165) is 32.4 Å². The molecule has 88 valence electrons. The molecule has 0 aromatic heterocycles. The van der Waals surface area contributed by atoms with Gasteiger partial charge in [0.25, 0.3) is 0 Å². The lowest BCUT2D eigenvalue weighted by Crippen LogP contribution is -2.31. The maximum atomic E-state index is 11.0. The van der Waals surface area contributed by atoms with Gasteiger partial charge in [-0.05, 0) is 50.7 Å². The van der Waals surface area contributed by atoms with E-state index in [9.17, 15) is 4.79 Å². The molecule has 0 aromatic carbocycles. The predicted octanol–water partition coefficient (Wildman–Crippen LogP) is 2.22. The Hall–Kier alpha value is -0.570. The zero-order chi connectivity index (χ0) is 11.5. The number of carbonyl (C=O) groups is 1. The molecular weight excluding hydrogens is 190 g/mol. The van der Waals surface area contributed by atoms with Crippen LogP contribution in [0.5, 0.6) is 0 Å². The lowest BCUT2D eigenvalue weighted by Gasteiger charge is -2.35. The summed E-state index contributed by atoms with van der Waals surface area (Å²) in [6, 6.07) is 0. The summed E-state index contributed by atoms with van der Waals surface area (Å²) in [4.78, 5) is 13.3. The molecular formula is C12H23NO2. The smallest absolute Gasteiger partial charge is 0.303 e. The van der Waals surface area contributed by atoms with Gasteiger partial charge in [-0.1, -0.05) is 13.8 Å². The number of carboxylic acid groups (broad SMARTS) is 1. The van der Waals surface area contributed by atoms with Crippen LogP contribution in [0.25, 0.3) is 0 Å². The average molecular weight is 213 g/mol. The van der Waals surface area contributed by atoms with Gasteiger partial charge in [-0.15, -0.1) is 0 Å². The summed E-state index contributed by atoms with van der Waals surface area (Å²) >= 11 is 0. The molecule has 3 heteroatoms. The maximum absolute atomic E-state index is 11.0. The van der Waals surface area contributed by atoms with E-state index < -0.39 is 5.97 Å². The first-order valence-corrected chi connectivity index (χ1v) is 5.86. The van der Waals surface area contributed by atoms with Crippen molar-refractivity contribution >= 4 is 5.97 Å². The molecule has 1 fully saturated rings. The number of nitrogens with zero attached hydrogens (tertiary/aromatic N) is 1. The number of carboxylic acids is 1. The van der Waals surface area contributed by atoms with Crippen LogP contribution in [-0.2, 0) is 4.79 Å². The number of aliphatic carboxylic acids is 1. The standard InChI is InChI=1S/C12H23NO2/c1-10(2)12(9-11(14)15)5-4-7-13(3)8-6-12/h10H,4-9H2,1-3H3,(H,14,15). The Balaban J connectivity index is 2.75. The Morgan fingerprint density at radius 3 is 2.60 bits per heavy atom. The Morgan fingerprint density at radius 2 is 2.07 bits per heavy atom. The number of hydrogen-bond donors (Lipinski definition) is 1. The lowest BCUT2D eigenvalue weighted by atomic mass is 9.69. The molecule has 3 nitrogen and oxygen atoms in total. The van der Waals surface area contributed by atoms with Crippen LogP contribution >= 0.6 is 0 Å². The molecule has 1 unspecified atom stereocenters. The third-order valence-corrected chi connectivity index (χ3v) is 3.93. The Labute approximate surface area is 92.5 Å². The van der Waals surface area contributed by atoms with Crippen molar-refractivity contribution in [2.24, 2.45) is 11.3 Å². The van der Waals surface area contributed by atoms with Crippen LogP contribution in [0.3, 0.4) is 0 Å². The van der Waals surface area contributed by atoms with Crippen molar-refractivity contribution in [1.29, 1.82) is 0 Å². The molecule has 1 atom stereocenters. The second-order valence-corrected chi connectivity index (χ2v) is 5.24. The first-order chi connectivity index (χ1) is 6.96. The van der Waals surface area contributed by atoms with Crippen LogP contribution in [0.15, 0.2) is 0 Å². The first-order valence-electron chi connectivity index (χ1n) is 5.86. The molecule has 0 bridgehead atoms. The highest BCUT2D eigenvalue weighted by Gasteiger charge is 2.36. The highest BCUT2D eigenvalue weighted by molar-refractivity contribution is 5.67. The largest absolute Gasteiger partial charge is 0.481 e. The second-order valence-electron chi connectivity index (χ2n) is 5.24. The minimum atomic E-state index is -0.645. The van der Waals surface area contributed by atoms with E-state index in [-0.39, 0.29) is 5.41 Å². The van der Waals surface area contributed by atoms with E-state index in [1.807, 2.05) is 0 Å². The van der Waals surface area contributed by atoms with Crippen LogP contribution in [0.2, 0.25) is 0 Å². The zero-order valence-corrected chi connectivity index (χ0v) is 10.1. The summed E-state index contributed by atoms with van der Waals surface area (Å²) < 4.78 is 0. The molecule has 15 heavy (non-hydrogen) atoms. The van der Waals surface area contributed by atoms with Gasteiger partial charge in [0.1, 0.15) is 0 Å². The van der Waals surface area contributed by atoms with E-state index in [0.29, 0.717) is 12.3 Å². The van der Waals surface area contributed by atoms with Gasteiger partial charge in [-0.25, -0.2) is 0 Å². The van der Waals surface area contributed by atoms with Gasteiger partial charge >= 0.3 is 5.97 Å². The first kappa shape index (κ1) is 12.5. The summed E-state index contributed by atoms with van der Waals surface area (Å²) in [6.07, 6.45) is 3.54. The summed E-state index contributed by atoms with van der Waals surface area (Å²) in [5.41, 5.74) is 0.0244. The molecule has 0 radical (unpaired) electrons. The molecule has 0 aliphatic carbocycles. The average Bonchev–Trinajstić information content (AvgIpc) is 2.28. The van der Waals surface area contributed by atoms with Gasteiger partial charge in [0, 0.05) is 0 Å². The second kappa shape index (κ2) is 4.97. The Kier molecular flexibility index (Phi) is 4.14. The molecule has 1 aliphatic rings. The van der Waals surface area contributed by atoms with E-state index in [1.54, 1.807) is 0 Å². The number of rotatable bonds is 3. The lowest BCUT2D eigenvalue weighted by molar-refractivity contribution is -0.141. The van der Waals surface area contributed by atoms with Gasteiger partial charge in [0.2, 0.25) is 0 Å². The van der Waals surface area contributed by atoms with Crippen molar-refractivity contribution in [1.82, 2.24) is 4.90 Å². The minimum Gasteiger partial charge on any atom is -0.481 e. The van der Waals surface area contributed by atoms with E-state index in [4.69, 9.17) is 5.11 Å². The van der Waals surface area contributed by atoms with Crippen molar-refractivity contribution in [3.05, 3.63) is 0 Å². The monoisotopic (exact) mass is 213 g/mol. The predicted molar refractivity (Wildman–Crippen MR) is 60.9 cm³/mol. The summed E-state index contributed by atoms with van der Waals surface area (Å²) in [6.45, 7) is 6.46. The number of likely N-dealkylation sites (tertiary alicyclic amines) is 1. The SMILES string of the molecule is CC(C)C1(CC(=O)O)CCCN(C)CC1. The quantitative estimate of drug-likeness (QED) is 0.781. The van der Waals surface area contributed by atoms with Crippen LogP contribution in [0.1, 0.15) is 39.5 Å². The van der Waals surface area contributed by atoms with Crippen molar-refractivity contribution in [2.45, 2.75) is 39.5 Å². The third kappa shape index (κ3) is 3.20. The highest BCUT2D eigenvalue weighted by Crippen LogP contribution is 2.41. The third-order valence-electron chi connectivity index (χ3n) is 3.93. The van der Waals surface area contributed by atoms with Gasteiger partial charge in [-0.2, -0.15) is 0 Å². The van der Waals surface area contributed by atoms with Crippen LogP contribution < -0.4 is 0 Å². The fourth-order valence-electron chi connectivity index (χ4n) is 2.61. The van der Waals surface area contributed by atoms with Crippen molar-refractivity contribution < 1.29 is 9.90 Å². The molecule has 0 spiro atoms. The Bertz CT molecular complexity index is 228. The van der Waals surface area contributed by atoms with E-state index >= 15 is 0 Å². The fraction of sp³-hybridized carbons (Fsp3) is 0.917. The topological polar surface area (TPSA) is 40.5 Å². The summed E-state index contributed by atoms with van der Waals surface area (Å²) in [7, 11) is 2.12. The van der Waals surface area contributed by atoms with Gasteiger partial charge in [-0.3, -0.25) is 4.79 Å². The van der Waals surface area contributed by atoms with E-state index in [1.165, 1.54) is 0 Å². The van der Waals surface area contributed by atoms with Gasteiger partial charge < -0.3 is 10.0 Å². The van der Waals surface area contributed by atoms with E-state index in [2.05, 4.69) is 25.8 Å². The molecule has 1 N–H and O–H groups in total. The van der Waals surface area contributed by atoms with Crippen LogP contribution in [-0.4, -0.2) is 36.1 Å². The summed E-state index contributed by atoms with van der Waals surface area (Å²) in [5, 5.41) is 9.02. The molecule has 1 heterocycles. The minimum absolute atomic E-state index is 0.0244. The molecule has 0 amide bonds. The van der Waals surface area contributed by atoms with Crippen molar-refractivity contribution in [3.63, 3.8) is 0 Å². The summed E-state index contributed by atoms with van der Waals surface area (Å²) in [5.74, 6) is -0.187. The number of hydrogen-bond acceptors (Lipinski definition) is 2. The molecule has 1 aliphatic heterocycles. The molecule has 1 rings (SSSR count). The van der Waals surface area contributed by atoms with Crippen molar-refractivity contribution in [2.75, 3.05) is 20.1 Å². The fourth-order valence-corrected chi connectivity index (χ4v) is 2.61. The molecule has 1 saturated heterocycles. The van der Waals surface area contributed by atoms with Gasteiger partial charge in [0.15, 0.2) is 0 Å². The highest BCUT2D eigenvalue weighted by atomic mass is 16.4. The van der Waals surface area contributed by atoms with Crippen molar-refractivity contribution in [3.8, 4) is 0 Å². The van der Waals surface area contributed by atoms with Gasteiger partial charge in [0.05, 0.1) is 6.42 Å². The van der Waals surface area contributed by atoms with Crippen LogP contribution in [0, 0.1) is 11.3 Å². The molecule has 0 saturated carbocycles.